The van der Waals surface area contributed by atoms with Crippen LogP contribution < -0.4 is 10.1 Å². The second kappa shape index (κ2) is 5.94. The molecule has 2 rings (SSSR count). The molecule has 1 aromatic carbocycles. The number of ether oxygens (including phenoxy) is 1. The van der Waals surface area contributed by atoms with E-state index in [-0.39, 0.29) is 6.01 Å². The molecular formula is C14H14N4O. The molecule has 5 heteroatoms. The molecule has 1 heterocycles. The van der Waals surface area contributed by atoms with Crippen LogP contribution in [-0.4, -0.2) is 17.0 Å². The molecule has 0 aliphatic heterocycles. The predicted molar refractivity (Wildman–Crippen MR) is 70.8 cm³/mol. The molecule has 0 unspecified atom stereocenters. The minimum atomic E-state index is 0.195. The number of hydrogen-bond donors (Lipinski definition) is 1. The second-order valence-corrected chi connectivity index (χ2v) is 4.03. The van der Waals surface area contributed by atoms with E-state index in [1.54, 1.807) is 13.0 Å². The van der Waals surface area contributed by atoms with Gasteiger partial charge in [0.2, 0.25) is 0 Å². The first-order chi connectivity index (χ1) is 9.22. The van der Waals surface area contributed by atoms with Crippen molar-refractivity contribution >= 4 is 0 Å². The molecule has 0 radical (unpaired) electrons. The average molecular weight is 254 g/mol. The third-order valence-electron chi connectivity index (χ3n) is 2.49. The first-order valence-corrected chi connectivity index (χ1v) is 5.89. The molecule has 0 aliphatic carbocycles. The zero-order chi connectivity index (χ0) is 13.7. The number of aryl methyl sites for hydroxylation is 1. The van der Waals surface area contributed by atoms with Gasteiger partial charge in [0.25, 0.3) is 0 Å². The van der Waals surface area contributed by atoms with Crippen molar-refractivity contribution in [2.45, 2.75) is 13.5 Å². The Bertz CT molecular complexity index is 619. The number of benzene rings is 1. The molecule has 19 heavy (non-hydrogen) atoms. The van der Waals surface area contributed by atoms with E-state index in [0.29, 0.717) is 23.7 Å². The van der Waals surface area contributed by atoms with Crippen molar-refractivity contribution in [2.24, 2.45) is 0 Å². The monoisotopic (exact) mass is 254 g/mol. The summed E-state index contributed by atoms with van der Waals surface area (Å²) in [6.07, 6.45) is 0. The molecule has 0 aliphatic rings. The predicted octanol–water partition coefficient (Wildman–Crippen LogP) is 2.17. The molecule has 5 nitrogen and oxygen atoms in total. The molecule has 0 saturated heterocycles. The number of nitriles is 1. The van der Waals surface area contributed by atoms with Crippen LogP contribution in [0.1, 0.15) is 17.0 Å². The van der Waals surface area contributed by atoms with Crippen LogP contribution in [0, 0.1) is 18.3 Å². The van der Waals surface area contributed by atoms with E-state index in [4.69, 9.17) is 10.00 Å². The molecule has 96 valence electrons. The standard InChI is InChI=1S/C14H14N4O/c1-10-7-12(8-15)18-14(17-10)19-13-6-4-3-5-11(13)9-16-2/h3-7,16H,9H2,1-2H3. The van der Waals surface area contributed by atoms with Gasteiger partial charge in [-0.25, -0.2) is 4.98 Å². The fourth-order valence-electron chi connectivity index (χ4n) is 1.68. The topological polar surface area (TPSA) is 70.8 Å². The van der Waals surface area contributed by atoms with Gasteiger partial charge in [0.15, 0.2) is 0 Å². The van der Waals surface area contributed by atoms with E-state index < -0.39 is 0 Å². The summed E-state index contributed by atoms with van der Waals surface area (Å²) in [5.74, 6) is 0.686. The van der Waals surface area contributed by atoms with E-state index in [9.17, 15) is 0 Å². The van der Waals surface area contributed by atoms with Crippen molar-refractivity contribution in [3.05, 3.63) is 47.3 Å². The number of hydrogen-bond acceptors (Lipinski definition) is 5. The summed E-state index contributed by atoms with van der Waals surface area (Å²) in [5.41, 5.74) is 2.01. The maximum atomic E-state index is 8.89. The molecule has 0 spiro atoms. The summed E-state index contributed by atoms with van der Waals surface area (Å²) < 4.78 is 5.67. The summed E-state index contributed by atoms with van der Waals surface area (Å²) in [7, 11) is 1.87. The molecule has 0 fully saturated rings. The summed E-state index contributed by atoms with van der Waals surface area (Å²) in [4.78, 5) is 8.21. The molecular weight excluding hydrogens is 240 g/mol. The molecule has 2 aromatic rings. The van der Waals surface area contributed by atoms with Crippen LogP contribution in [0.3, 0.4) is 0 Å². The highest BCUT2D eigenvalue weighted by Gasteiger charge is 2.07. The van der Waals surface area contributed by atoms with E-state index in [1.165, 1.54) is 0 Å². The third kappa shape index (κ3) is 3.27. The van der Waals surface area contributed by atoms with Gasteiger partial charge in [0.1, 0.15) is 17.5 Å². The van der Waals surface area contributed by atoms with Gasteiger partial charge in [0, 0.05) is 17.8 Å². The minimum Gasteiger partial charge on any atom is -0.424 e. The first-order valence-electron chi connectivity index (χ1n) is 5.89. The Labute approximate surface area is 111 Å². The van der Waals surface area contributed by atoms with Gasteiger partial charge in [-0.15, -0.1) is 0 Å². The van der Waals surface area contributed by atoms with E-state index in [1.807, 2.05) is 37.4 Å². The normalized spacial score (nSPS) is 9.95. The van der Waals surface area contributed by atoms with Gasteiger partial charge >= 0.3 is 6.01 Å². The second-order valence-electron chi connectivity index (χ2n) is 4.03. The lowest BCUT2D eigenvalue weighted by molar-refractivity contribution is 0.433. The maximum Gasteiger partial charge on any atom is 0.323 e. The Balaban J connectivity index is 2.31. The van der Waals surface area contributed by atoms with Crippen LogP contribution in [0.4, 0.5) is 0 Å². The van der Waals surface area contributed by atoms with Crippen LogP contribution in [0.25, 0.3) is 0 Å². The highest BCUT2D eigenvalue weighted by Crippen LogP contribution is 2.23. The summed E-state index contributed by atoms with van der Waals surface area (Å²) >= 11 is 0. The number of aromatic nitrogens is 2. The van der Waals surface area contributed by atoms with Crippen molar-refractivity contribution < 1.29 is 4.74 Å². The van der Waals surface area contributed by atoms with E-state index >= 15 is 0 Å². The zero-order valence-electron chi connectivity index (χ0n) is 10.8. The quantitative estimate of drug-likeness (QED) is 0.905. The van der Waals surface area contributed by atoms with Crippen molar-refractivity contribution in [3.63, 3.8) is 0 Å². The number of nitrogens with zero attached hydrogens (tertiary/aromatic N) is 3. The number of nitrogens with one attached hydrogen (secondary N) is 1. The molecule has 1 N–H and O–H groups in total. The Kier molecular flexibility index (Phi) is 4.06. The Hall–Kier alpha value is -2.45. The van der Waals surface area contributed by atoms with Crippen molar-refractivity contribution in [1.29, 1.82) is 5.26 Å². The van der Waals surface area contributed by atoms with Gasteiger partial charge in [-0.1, -0.05) is 18.2 Å². The largest absolute Gasteiger partial charge is 0.424 e. The van der Waals surface area contributed by atoms with Gasteiger partial charge in [0.05, 0.1) is 0 Å². The highest BCUT2D eigenvalue weighted by atomic mass is 16.5. The smallest absolute Gasteiger partial charge is 0.323 e. The molecule has 0 atom stereocenters. The highest BCUT2D eigenvalue weighted by molar-refractivity contribution is 5.35. The summed E-state index contributed by atoms with van der Waals surface area (Å²) in [6.45, 7) is 2.49. The van der Waals surface area contributed by atoms with Crippen molar-refractivity contribution in [1.82, 2.24) is 15.3 Å². The van der Waals surface area contributed by atoms with Crippen LogP contribution >= 0.6 is 0 Å². The van der Waals surface area contributed by atoms with Gasteiger partial charge in [-0.05, 0) is 26.1 Å². The van der Waals surface area contributed by atoms with Crippen LogP contribution in [0.5, 0.6) is 11.8 Å². The summed E-state index contributed by atoms with van der Waals surface area (Å²) in [6, 6.07) is 11.4. The van der Waals surface area contributed by atoms with Crippen molar-refractivity contribution in [3.8, 4) is 17.8 Å². The number of para-hydroxylation sites is 1. The van der Waals surface area contributed by atoms with Gasteiger partial charge < -0.3 is 10.1 Å². The molecule has 0 bridgehead atoms. The lowest BCUT2D eigenvalue weighted by atomic mass is 10.2. The first kappa shape index (κ1) is 13.0. The Morgan fingerprint density at radius 1 is 1.32 bits per heavy atom. The van der Waals surface area contributed by atoms with Crippen LogP contribution in [-0.2, 0) is 6.54 Å². The zero-order valence-corrected chi connectivity index (χ0v) is 10.8. The minimum absolute atomic E-state index is 0.195. The average Bonchev–Trinajstić information content (AvgIpc) is 2.40. The fourth-order valence-corrected chi connectivity index (χ4v) is 1.68. The fraction of sp³-hybridized carbons (Fsp3) is 0.214. The molecule has 0 saturated carbocycles. The molecule has 0 amide bonds. The maximum absolute atomic E-state index is 8.89. The van der Waals surface area contributed by atoms with E-state index in [2.05, 4.69) is 15.3 Å². The number of rotatable bonds is 4. The Morgan fingerprint density at radius 3 is 2.84 bits per heavy atom. The third-order valence-corrected chi connectivity index (χ3v) is 2.49. The summed E-state index contributed by atoms with van der Waals surface area (Å²) in [5, 5.41) is 12.0. The van der Waals surface area contributed by atoms with Crippen LogP contribution in [0.2, 0.25) is 0 Å². The van der Waals surface area contributed by atoms with Gasteiger partial charge in [-0.2, -0.15) is 10.2 Å². The lowest BCUT2D eigenvalue weighted by Crippen LogP contribution is -2.07. The van der Waals surface area contributed by atoms with E-state index in [0.717, 1.165) is 5.56 Å². The van der Waals surface area contributed by atoms with Crippen molar-refractivity contribution in [2.75, 3.05) is 7.05 Å². The molecule has 1 aromatic heterocycles. The lowest BCUT2D eigenvalue weighted by Gasteiger charge is -2.09. The van der Waals surface area contributed by atoms with Gasteiger partial charge in [-0.3, -0.25) is 0 Å². The Morgan fingerprint density at radius 2 is 2.11 bits per heavy atom. The SMILES string of the molecule is CNCc1ccccc1Oc1nc(C)cc(C#N)n1. The van der Waals surface area contributed by atoms with Crippen LogP contribution in [0.15, 0.2) is 30.3 Å².